The van der Waals surface area contributed by atoms with Gasteiger partial charge in [0, 0.05) is 47.5 Å². The van der Waals surface area contributed by atoms with Crippen LogP contribution in [0.4, 0.5) is 0 Å². The molecule has 0 saturated heterocycles. The normalized spacial score (nSPS) is 12.6. The molecule has 0 amide bonds. The standard InChI is InChI=1S/C13H16Cl2N4/c1-19-8-7-17-12(19)6-5-11(18-16)13-9(14)3-2-4-10(13)15/h2-4,7-8,11,18H,5-6,16H2,1H3. The molecule has 0 fully saturated rings. The molecular formula is C13H16Cl2N4. The number of nitrogens with two attached hydrogens (primary N) is 1. The molecule has 0 saturated carbocycles. The lowest BCUT2D eigenvalue weighted by Gasteiger charge is -2.18. The van der Waals surface area contributed by atoms with Crippen LogP contribution in [-0.4, -0.2) is 9.55 Å². The molecular weight excluding hydrogens is 283 g/mol. The zero-order chi connectivity index (χ0) is 13.8. The molecule has 6 heteroatoms. The summed E-state index contributed by atoms with van der Waals surface area (Å²) in [6.45, 7) is 0. The van der Waals surface area contributed by atoms with Gasteiger partial charge < -0.3 is 4.57 Å². The highest BCUT2D eigenvalue weighted by atomic mass is 35.5. The van der Waals surface area contributed by atoms with Crippen molar-refractivity contribution in [2.75, 3.05) is 0 Å². The van der Waals surface area contributed by atoms with Crippen LogP contribution >= 0.6 is 23.2 Å². The Morgan fingerprint density at radius 1 is 1.37 bits per heavy atom. The molecule has 0 radical (unpaired) electrons. The maximum absolute atomic E-state index is 6.19. The Morgan fingerprint density at radius 3 is 2.58 bits per heavy atom. The fourth-order valence-electron chi connectivity index (χ4n) is 2.07. The molecule has 2 rings (SSSR count). The van der Waals surface area contributed by atoms with Crippen molar-refractivity contribution in [3.63, 3.8) is 0 Å². The van der Waals surface area contributed by atoms with Gasteiger partial charge in [-0.2, -0.15) is 0 Å². The minimum Gasteiger partial charge on any atom is -0.338 e. The first kappa shape index (κ1) is 14.3. The molecule has 4 nitrogen and oxygen atoms in total. The fourth-order valence-corrected chi connectivity index (χ4v) is 2.73. The van der Waals surface area contributed by atoms with E-state index in [2.05, 4.69) is 10.4 Å². The summed E-state index contributed by atoms with van der Waals surface area (Å²) in [6, 6.07) is 5.35. The van der Waals surface area contributed by atoms with Crippen molar-refractivity contribution in [3.8, 4) is 0 Å². The maximum atomic E-state index is 6.19. The number of aryl methyl sites for hydroxylation is 2. The zero-order valence-corrected chi connectivity index (χ0v) is 12.1. The van der Waals surface area contributed by atoms with Crippen molar-refractivity contribution in [2.24, 2.45) is 12.9 Å². The van der Waals surface area contributed by atoms with Gasteiger partial charge in [-0.05, 0) is 18.6 Å². The first-order valence-electron chi connectivity index (χ1n) is 5.99. The van der Waals surface area contributed by atoms with Crippen LogP contribution in [0.2, 0.25) is 10.0 Å². The Hall–Kier alpha value is -1.07. The largest absolute Gasteiger partial charge is 0.338 e. The van der Waals surface area contributed by atoms with Gasteiger partial charge in [-0.15, -0.1) is 0 Å². The summed E-state index contributed by atoms with van der Waals surface area (Å²) < 4.78 is 1.99. The Kier molecular flexibility index (Phi) is 4.82. The van der Waals surface area contributed by atoms with E-state index >= 15 is 0 Å². The molecule has 2 aromatic rings. The summed E-state index contributed by atoms with van der Waals surface area (Å²) in [7, 11) is 1.97. The SMILES string of the molecule is Cn1ccnc1CCC(NN)c1c(Cl)cccc1Cl. The van der Waals surface area contributed by atoms with Gasteiger partial charge in [0.15, 0.2) is 0 Å². The third-order valence-electron chi connectivity index (χ3n) is 3.13. The summed E-state index contributed by atoms with van der Waals surface area (Å²) >= 11 is 12.4. The van der Waals surface area contributed by atoms with Crippen molar-refractivity contribution >= 4 is 23.2 Å². The number of halogens is 2. The van der Waals surface area contributed by atoms with E-state index in [0.717, 1.165) is 24.2 Å². The highest BCUT2D eigenvalue weighted by Crippen LogP contribution is 2.32. The van der Waals surface area contributed by atoms with Crippen LogP contribution in [0.15, 0.2) is 30.6 Å². The number of hydrogen-bond acceptors (Lipinski definition) is 3. The number of benzene rings is 1. The van der Waals surface area contributed by atoms with E-state index in [0.29, 0.717) is 10.0 Å². The molecule has 1 atom stereocenters. The fraction of sp³-hybridized carbons (Fsp3) is 0.308. The topological polar surface area (TPSA) is 55.9 Å². The Bertz CT molecular complexity index is 533. The molecule has 102 valence electrons. The lowest BCUT2D eigenvalue weighted by Crippen LogP contribution is -2.29. The molecule has 0 aliphatic heterocycles. The van der Waals surface area contributed by atoms with Gasteiger partial charge in [0.2, 0.25) is 0 Å². The molecule has 0 aliphatic rings. The summed E-state index contributed by atoms with van der Waals surface area (Å²) in [5.41, 5.74) is 3.61. The minimum atomic E-state index is -0.0992. The van der Waals surface area contributed by atoms with Gasteiger partial charge in [0.05, 0.1) is 0 Å². The Morgan fingerprint density at radius 2 is 2.05 bits per heavy atom. The van der Waals surface area contributed by atoms with Gasteiger partial charge in [-0.3, -0.25) is 11.3 Å². The number of hydrogen-bond donors (Lipinski definition) is 2. The average Bonchev–Trinajstić information content (AvgIpc) is 2.78. The lowest BCUT2D eigenvalue weighted by atomic mass is 10.0. The second-order valence-electron chi connectivity index (χ2n) is 4.35. The Labute approximate surface area is 122 Å². The van der Waals surface area contributed by atoms with Crippen LogP contribution in [-0.2, 0) is 13.5 Å². The number of imidazole rings is 1. The van der Waals surface area contributed by atoms with Gasteiger partial charge in [-0.1, -0.05) is 29.3 Å². The van der Waals surface area contributed by atoms with Crippen molar-refractivity contribution in [1.82, 2.24) is 15.0 Å². The quantitative estimate of drug-likeness (QED) is 0.659. The monoisotopic (exact) mass is 298 g/mol. The third-order valence-corrected chi connectivity index (χ3v) is 3.79. The van der Waals surface area contributed by atoms with E-state index in [9.17, 15) is 0 Å². The molecule has 1 heterocycles. The van der Waals surface area contributed by atoms with Gasteiger partial charge in [-0.25, -0.2) is 4.98 Å². The minimum absolute atomic E-state index is 0.0992. The van der Waals surface area contributed by atoms with Gasteiger partial charge >= 0.3 is 0 Å². The second kappa shape index (κ2) is 6.39. The molecule has 1 unspecified atom stereocenters. The van der Waals surface area contributed by atoms with Crippen molar-refractivity contribution in [1.29, 1.82) is 0 Å². The number of rotatable bonds is 5. The van der Waals surface area contributed by atoms with Crippen LogP contribution < -0.4 is 11.3 Å². The van der Waals surface area contributed by atoms with E-state index in [-0.39, 0.29) is 6.04 Å². The van der Waals surface area contributed by atoms with Crippen LogP contribution in [0.5, 0.6) is 0 Å². The van der Waals surface area contributed by atoms with E-state index in [1.165, 1.54) is 0 Å². The molecule has 1 aromatic heterocycles. The number of aromatic nitrogens is 2. The first-order chi connectivity index (χ1) is 9.13. The maximum Gasteiger partial charge on any atom is 0.108 e. The van der Waals surface area contributed by atoms with E-state index in [1.54, 1.807) is 6.20 Å². The van der Waals surface area contributed by atoms with Crippen LogP contribution in [0.1, 0.15) is 23.9 Å². The van der Waals surface area contributed by atoms with Crippen LogP contribution in [0, 0.1) is 0 Å². The first-order valence-corrected chi connectivity index (χ1v) is 6.75. The predicted octanol–water partition coefficient (Wildman–Crippen LogP) is 2.86. The molecule has 1 aromatic carbocycles. The number of nitrogens with zero attached hydrogens (tertiary/aromatic N) is 2. The summed E-state index contributed by atoms with van der Waals surface area (Å²) in [6.07, 6.45) is 5.26. The number of hydrazine groups is 1. The van der Waals surface area contributed by atoms with E-state index < -0.39 is 0 Å². The van der Waals surface area contributed by atoms with Crippen molar-refractivity contribution in [3.05, 3.63) is 52.0 Å². The van der Waals surface area contributed by atoms with Crippen molar-refractivity contribution in [2.45, 2.75) is 18.9 Å². The second-order valence-corrected chi connectivity index (χ2v) is 5.16. The Balaban J connectivity index is 2.15. The van der Waals surface area contributed by atoms with Gasteiger partial charge in [0.1, 0.15) is 5.82 Å². The smallest absolute Gasteiger partial charge is 0.108 e. The molecule has 19 heavy (non-hydrogen) atoms. The van der Waals surface area contributed by atoms with Crippen molar-refractivity contribution < 1.29 is 0 Å². The van der Waals surface area contributed by atoms with Gasteiger partial charge in [0.25, 0.3) is 0 Å². The zero-order valence-electron chi connectivity index (χ0n) is 10.6. The predicted molar refractivity (Wildman–Crippen MR) is 78.1 cm³/mol. The molecule has 0 spiro atoms. The summed E-state index contributed by atoms with van der Waals surface area (Å²) in [5.74, 6) is 6.63. The number of nitrogens with one attached hydrogen (secondary N) is 1. The van der Waals surface area contributed by atoms with Crippen LogP contribution in [0.3, 0.4) is 0 Å². The van der Waals surface area contributed by atoms with E-state index in [4.69, 9.17) is 29.0 Å². The molecule has 0 bridgehead atoms. The average molecular weight is 299 g/mol. The van der Waals surface area contributed by atoms with E-state index in [1.807, 2.05) is 36.0 Å². The highest BCUT2D eigenvalue weighted by Gasteiger charge is 2.17. The lowest BCUT2D eigenvalue weighted by molar-refractivity contribution is 0.506. The third kappa shape index (κ3) is 3.28. The molecule has 3 N–H and O–H groups in total. The highest BCUT2D eigenvalue weighted by molar-refractivity contribution is 6.36. The summed E-state index contributed by atoms with van der Waals surface area (Å²) in [5, 5.41) is 1.24. The summed E-state index contributed by atoms with van der Waals surface area (Å²) in [4.78, 5) is 4.29. The molecule has 0 aliphatic carbocycles. The van der Waals surface area contributed by atoms with Crippen LogP contribution in [0.25, 0.3) is 0 Å².